The quantitative estimate of drug-likeness (QED) is 0.0339. The van der Waals surface area contributed by atoms with E-state index in [0.29, 0.717) is 11.3 Å². The third-order valence-corrected chi connectivity index (χ3v) is 19.4. The number of aryl methyl sites for hydroxylation is 3. The van der Waals surface area contributed by atoms with Crippen molar-refractivity contribution in [3.63, 3.8) is 0 Å². The second-order valence-electron chi connectivity index (χ2n) is 24.6. The number of aromatic nitrogens is 4. The summed E-state index contributed by atoms with van der Waals surface area (Å²) < 4.78 is 14.1. The Morgan fingerprint density at radius 1 is 0.459 bits per heavy atom. The van der Waals surface area contributed by atoms with E-state index in [4.69, 9.17) is 39.2 Å². The molecule has 6 N–H and O–H groups in total. The number of allylic oxidation sites excluding steroid dienone is 1. The Balaban J connectivity index is 0.000000293. The molecule has 0 fully saturated rings. The van der Waals surface area contributed by atoms with Crippen LogP contribution in [0.15, 0.2) is 321 Å². The monoisotopic (exact) mass is 1770 g/mol. The molecule has 14 aromatic rings. The van der Waals surface area contributed by atoms with Crippen LogP contribution in [-0.2, 0) is 25.7 Å². The summed E-state index contributed by atoms with van der Waals surface area (Å²) in [6, 6.07) is 98.5. The number of nitrogen functional groups attached to an aromatic ring is 1. The summed E-state index contributed by atoms with van der Waals surface area (Å²) in [6.45, 7) is 1.93. The molecule has 12 aromatic carbocycles. The minimum atomic E-state index is 0. The number of nitrogens with one attached hydrogen (secondary N) is 1. The number of rotatable bonds is 7. The van der Waals surface area contributed by atoms with Crippen molar-refractivity contribution in [3.8, 4) is 56.5 Å². The number of halogens is 5. The van der Waals surface area contributed by atoms with E-state index >= 15 is 0 Å². The number of ketones is 2. The number of carbonyl (C=O) groups excluding carboxylic acids is 3. The van der Waals surface area contributed by atoms with Crippen LogP contribution in [0.5, 0.6) is 0 Å². The number of fused-ring (bicyclic) bond motifs is 8. The van der Waals surface area contributed by atoms with Crippen molar-refractivity contribution in [3.05, 3.63) is 371 Å². The normalized spacial score (nSPS) is 11.8. The van der Waals surface area contributed by atoms with Gasteiger partial charge in [0.15, 0.2) is 23.2 Å². The zero-order chi connectivity index (χ0) is 75.4. The van der Waals surface area contributed by atoms with Gasteiger partial charge in [0.05, 0.1) is 22.6 Å². The minimum absolute atomic E-state index is 0. The van der Waals surface area contributed by atoms with Crippen molar-refractivity contribution in [1.82, 2.24) is 19.9 Å². The molecule has 0 saturated heterocycles. The molecule has 17 rings (SSSR count). The molecule has 554 valence electrons. The molecule has 111 heavy (non-hydrogen) atoms. The molecule has 2 heterocycles. The molecule has 3 aliphatic rings. The van der Waals surface area contributed by atoms with Gasteiger partial charge in [0.2, 0.25) is 0 Å². The van der Waals surface area contributed by atoms with Gasteiger partial charge >= 0.3 is 59.1 Å². The van der Waals surface area contributed by atoms with Crippen LogP contribution in [0.4, 0.5) is 0 Å². The van der Waals surface area contributed by atoms with Gasteiger partial charge in [-0.3, -0.25) is 19.8 Å². The van der Waals surface area contributed by atoms with Gasteiger partial charge in [-0.05, 0) is 134 Å². The van der Waals surface area contributed by atoms with Crippen molar-refractivity contribution in [1.29, 1.82) is 5.41 Å². The van der Waals surface area contributed by atoms with E-state index in [1.54, 1.807) is 19.1 Å². The van der Waals surface area contributed by atoms with Crippen LogP contribution in [0.2, 0.25) is 0 Å². The van der Waals surface area contributed by atoms with E-state index < -0.39 is 0 Å². The summed E-state index contributed by atoms with van der Waals surface area (Å²) in [6.07, 6.45) is 9.41. The molecule has 3 aliphatic carbocycles. The van der Waals surface area contributed by atoms with E-state index in [1.165, 1.54) is 33.2 Å². The first-order chi connectivity index (χ1) is 52.2. The predicted octanol–water partition coefficient (Wildman–Crippen LogP) is 18.3. The van der Waals surface area contributed by atoms with Crippen molar-refractivity contribution < 1.29 is 92.5 Å². The second kappa shape index (κ2) is 47.2. The summed E-state index contributed by atoms with van der Waals surface area (Å²) in [7, 11) is 0. The van der Waals surface area contributed by atoms with E-state index in [9.17, 15) is 14.4 Å². The molecule has 0 amide bonds. The number of aldehydes is 1. The van der Waals surface area contributed by atoms with Crippen LogP contribution in [0, 0.1) is 5.41 Å². The number of hydrogen-bond acceptors (Lipinski definition) is 11. The van der Waals surface area contributed by atoms with Gasteiger partial charge < -0.3 is 21.8 Å². The molecule has 12 nitrogen and oxygen atoms in total. The first-order valence-corrected chi connectivity index (χ1v) is 37.6. The van der Waals surface area contributed by atoms with Crippen LogP contribution < -0.4 is 64.8 Å². The van der Waals surface area contributed by atoms with Crippen molar-refractivity contribution >= 4 is 128 Å². The predicted molar refractivity (Wildman–Crippen MR) is 464 cm³/mol. The SMILES string of the molecule is Brc1cccc(-c2nc(-c3ccccc3)nc3c2CCc2ccccc2-3)c1.Brc1cccc(-c2nc(-c3ccccc3)nc3c2ccc2ccccc23)c1.C.CCO.Cl.N=C(N)c1ccccc1.O=C1/C(=C/c2cccc(Br)c2)CCc2ccccc21.O=C1CCCc2ccccc21.O=Cc1cccc(Br)c1.[2H][2H].[Na+].[Na+].[OH-].[OH-]. The molecule has 0 bridgehead atoms. The third-order valence-electron chi connectivity index (χ3n) is 17.4. The fourth-order valence-electron chi connectivity index (χ4n) is 12.4. The van der Waals surface area contributed by atoms with Gasteiger partial charge in [0.1, 0.15) is 12.1 Å². The number of hydrogen-bond donors (Lipinski definition) is 3. The fraction of sp³-hybridized carbons (Fsp3) is 0.109. The zero-order valence-corrected chi connectivity index (χ0v) is 72.1. The number of nitrogens with zero attached hydrogens (tertiary/aromatic N) is 4. The molecule has 0 atom stereocenters. The first kappa shape index (κ1) is 91.5. The average molecular weight is 1770 g/mol. The summed E-state index contributed by atoms with van der Waals surface area (Å²) in [4.78, 5) is 53.8. The third kappa shape index (κ3) is 25.6. The first-order valence-electron chi connectivity index (χ1n) is 35.5. The van der Waals surface area contributed by atoms with Crippen molar-refractivity contribution in [2.24, 2.45) is 5.73 Å². The molecular formula is C92H83Br4ClN6Na2O6. The van der Waals surface area contributed by atoms with Crippen LogP contribution >= 0.6 is 76.1 Å². The van der Waals surface area contributed by atoms with Crippen LogP contribution in [0.3, 0.4) is 0 Å². The van der Waals surface area contributed by atoms with E-state index in [-0.39, 0.29) is 108 Å². The Morgan fingerprint density at radius 2 is 0.892 bits per heavy atom. The Bertz CT molecular complexity index is 5450. The Kier molecular flexibility index (Phi) is 38.9. The number of nitrogens with two attached hydrogens (primary N) is 1. The smallest absolute Gasteiger partial charge is 0.870 e. The molecule has 0 spiro atoms. The number of aliphatic hydroxyl groups excluding tert-OH is 1. The van der Waals surface area contributed by atoms with Crippen molar-refractivity contribution in [2.75, 3.05) is 6.61 Å². The zero-order valence-electron chi connectivity index (χ0n) is 63.0. The largest absolute Gasteiger partial charge is 1.00 e. The summed E-state index contributed by atoms with van der Waals surface area (Å²) in [5, 5.41) is 18.0. The number of aliphatic hydroxyl groups is 1. The number of Topliss-reactive ketones (excluding diaryl/α,β-unsaturated/α-hetero) is 2. The number of benzene rings is 12. The van der Waals surface area contributed by atoms with Crippen LogP contribution in [0.25, 0.3) is 84.3 Å². The Hall–Kier alpha value is -8.37. The van der Waals surface area contributed by atoms with Gasteiger partial charge in [-0.15, -0.1) is 12.4 Å². The maximum atomic E-state index is 12.4. The number of amidine groups is 1. The van der Waals surface area contributed by atoms with E-state index in [0.717, 1.165) is 164 Å². The Labute approximate surface area is 736 Å². The molecule has 0 unspecified atom stereocenters. The minimum Gasteiger partial charge on any atom is -0.870 e. The summed E-state index contributed by atoms with van der Waals surface area (Å²) in [5.41, 5.74) is 25.0. The van der Waals surface area contributed by atoms with Gasteiger partial charge in [-0.25, -0.2) is 19.9 Å². The summed E-state index contributed by atoms with van der Waals surface area (Å²) in [5.74, 6) is 2.12. The van der Waals surface area contributed by atoms with E-state index in [2.05, 4.69) is 179 Å². The van der Waals surface area contributed by atoms with Gasteiger partial charge in [0.25, 0.3) is 0 Å². The molecule has 0 aliphatic heterocycles. The van der Waals surface area contributed by atoms with Gasteiger partial charge in [-0.1, -0.05) is 314 Å². The van der Waals surface area contributed by atoms with Crippen molar-refractivity contribution in [2.45, 2.75) is 59.3 Å². The van der Waals surface area contributed by atoms with Gasteiger partial charge in [0, 0.05) is 106 Å². The second-order valence-corrected chi connectivity index (χ2v) is 28.3. The number of carbonyl (C=O) groups is 3. The topological polar surface area (TPSA) is 233 Å². The van der Waals surface area contributed by atoms with E-state index in [1.807, 2.05) is 176 Å². The average Bonchev–Trinajstić information content (AvgIpc) is 0.763. The molecular weight excluding hydrogens is 1690 g/mol. The maximum Gasteiger partial charge on any atom is 1.00 e. The van der Waals surface area contributed by atoms with Crippen LogP contribution in [0.1, 0.15) is 101 Å². The molecule has 0 saturated carbocycles. The molecule has 2 aromatic heterocycles. The molecule has 19 heteroatoms. The Morgan fingerprint density at radius 3 is 1.43 bits per heavy atom. The maximum absolute atomic E-state index is 12.4. The van der Waals surface area contributed by atoms with Gasteiger partial charge in [-0.2, -0.15) is 0 Å². The fourth-order valence-corrected chi connectivity index (χ4v) is 14.1. The van der Waals surface area contributed by atoms with Crippen LogP contribution in [-0.4, -0.2) is 66.3 Å². The molecule has 0 radical (unpaired) electrons. The summed E-state index contributed by atoms with van der Waals surface area (Å²) >= 11 is 13.9. The standard InChI is InChI=1S/C24H17BrN2.C24H15BrN2.C17H13BrO.C10H10O.C7H5BrO.C7H8N2.C2H6O.CH4.ClH.2Na.2H2O.H2/c2*25-19-11-6-10-18(15-19)22-21-14-13-16-7-4-5-12-20(16)23(21)27-24(26-22)17-8-2-1-3-9-17;18-15-6-3-4-12(11-15)10-14-9-8-13-5-1-2-7-16(13)17(14)19;11-10-7-3-5-8-4-1-2-6-9(8)10;8-7-3-1-2-6(4-7)5-9;8-7(9)6-4-2-1-3-5-6;1-2-3;;;;;;;/h1-12,15H,13-14H2;1-15H;1-7,10-11H,8-9H2;1-2,4,6H,3,5,7H2;1-5H;1-5H,(H3,8,9);3H,2H2,1H3;1H4;1H;;;2*1H2;1H/q;;;;;;;;;2*+1;;;/p-2/b;;14-10+;;;;;;;;;;;/i;;;;;;;;;;;;;1+1D.